The van der Waals surface area contributed by atoms with Crippen molar-refractivity contribution in [3.63, 3.8) is 0 Å². The number of carbonyl (C=O) groups is 3. The molecule has 2 aliphatic rings. The van der Waals surface area contributed by atoms with Gasteiger partial charge in [-0.15, -0.1) is 11.3 Å². The molecule has 0 unspecified atom stereocenters. The summed E-state index contributed by atoms with van der Waals surface area (Å²) in [5.74, 6) is -0.749. The first kappa shape index (κ1) is 32.6. The molecule has 8 nitrogen and oxygen atoms in total. The van der Waals surface area contributed by atoms with Crippen LogP contribution in [0.4, 0.5) is 10.7 Å². The highest BCUT2D eigenvalue weighted by Crippen LogP contribution is 2.39. The molecule has 3 aromatic carbocycles. The summed E-state index contributed by atoms with van der Waals surface area (Å²) in [6.45, 7) is 2.23. The van der Waals surface area contributed by atoms with Crippen LogP contribution in [0.3, 0.4) is 0 Å². The van der Waals surface area contributed by atoms with Crippen LogP contribution in [-0.2, 0) is 37.0 Å². The summed E-state index contributed by atoms with van der Waals surface area (Å²) >= 11 is 1.53. The number of methoxy groups -OCH3 is 1. The van der Waals surface area contributed by atoms with Crippen LogP contribution in [0.2, 0.25) is 0 Å². The van der Waals surface area contributed by atoms with Crippen molar-refractivity contribution in [2.45, 2.75) is 64.0 Å². The minimum absolute atomic E-state index is 0.200. The molecule has 2 aliphatic carbocycles. The number of anilines is 2. The first-order chi connectivity index (χ1) is 22.9. The van der Waals surface area contributed by atoms with Gasteiger partial charge in [0.25, 0.3) is 11.8 Å². The van der Waals surface area contributed by atoms with E-state index in [4.69, 9.17) is 10.5 Å². The third-order valence-corrected chi connectivity index (χ3v) is 10.2. The van der Waals surface area contributed by atoms with Crippen LogP contribution in [0.5, 0.6) is 0 Å². The number of amides is 2. The molecule has 0 saturated heterocycles. The van der Waals surface area contributed by atoms with Crippen LogP contribution >= 0.6 is 11.3 Å². The fourth-order valence-electron chi connectivity index (χ4n) is 6.27. The van der Waals surface area contributed by atoms with Crippen LogP contribution in [0.1, 0.15) is 83.9 Å². The Hall–Kier alpha value is -4.31. The van der Waals surface area contributed by atoms with E-state index in [0.29, 0.717) is 40.0 Å². The van der Waals surface area contributed by atoms with Crippen molar-refractivity contribution in [2.75, 3.05) is 30.8 Å². The number of nitrogens with one attached hydrogen (secondary N) is 2. The van der Waals surface area contributed by atoms with Gasteiger partial charge in [0.15, 0.2) is 0 Å². The van der Waals surface area contributed by atoms with Gasteiger partial charge in [-0.2, -0.15) is 0 Å². The third kappa shape index (κ3) is 8.16. The molecule has 2 amide bonds. The van der Waals surface area contributed by atoms with E-state index in [9.17, 15) is 14.4 Å². The van der Waals surface area contributed by atoms with Crippen LogP contribution < -0.4 is 16.4 Å². The number of thiophene rings is 1. The fraction of sp³-hybridized carbons (Fsp3) is 0.342. The lowest BCUT2D eigenvalue weighted by molar-refractivity contribution is 0.0600. The predicted octanol–water partition coefficient (Wildman–Crippen LogP) is 6.63. The Kier molecular flexibility index (Phi) is 10.5. The number of fused-ring (bicyclic) bond motifs is 1. The van der Waals surface area contributed by atoms with Crippen molar-refractivity contribution < 1.29 is 19.1 Å². The Morgan fingerprint density at radius 3 is 2.23 bits per heavy atom. The Morgan fingerprint density at radius 1 is 0.851 bits per heavy atom. The molecule has 0 bridgehead atoms. The molecule has 4 aromatic rings. The summed E-state index contributed by atoms with van der Waals surface area (Å²) < 4.78 is 4.77. The maximum Gasteiger partial charge on any atom is 0.337 e. The molecule has 1 heterocycles. The Morgan fingerprint density at radius 2 is 1.55 bits per heavy atom. The van der Waals surface area contributed by atoms with E-state index in [1.807, 2.05) is 54.6 Å². The second kappa shape index (κ2) is 15.1. The maximum atomic E-state index is 13.8. The summed E-state index contributed by atoms with van der Waals surface area (Å²) in [6.07, 6.45) is 7.92. The van der Waals surface area contributed by atoms with Gasteiger partial charge < -0.3 is 21.1 Å². The first-order valence-electron chi connectivity index (χ1n) is 16.5. The maximum absolute atomic E-state index is 13.8. The number of nitrogens with two attached hydrogens (primary N) is 1. The molecular weight excluding hydrogens is 609 g/mol. The van der Waals surface area contributed by atoms with E-state index >= 15 is 0 Å². The van der Waals surface area contributed by atoms with E-state index in [0.717, 1.165) is 73.9 Å². The van der Waals surface area contributed by atoms with Crippen LogP contribution in [0.15, 0.2) is 72.8 Å². The summed E-state index contributed by atoms with van der Waals surface area (Å²) in [5, 5.41) is 6.81. The lowest BCUT2D eigenvalue weighted by Gasteiger charge is -2.21. The van der Waals surface area contributed by atoms with E-state index in [2.05, 4.69) is 21.6 Å². The second-order valence-electron chi connectivity index (χ2n) is 12.4. The van der Waals surface area contributed by atoms with E-state index in [1.165, 1.54) is 36.2 Å². The zero-order chi connectivity index (χ0) is 32.8. The second-order valence-corrected chi connectivity index (χ2v) is 13.5. The molecule has 9 heteroatoms. The van der Waals surface area contributed by atoms with Gasteiger partial charge in [0.1, 0.15) is 5.00 Å². The normalized spacial score (nSPS) is 14.0. The summed E-state index contributed by atoms with van der Waals surface area (Å²) in [4.78, 5) is 42.6. The number of rotatable bonds is 13. The highest BCUT2D eigenvalue weighted by molar-refractivity contribution is 7.17. The fourth-order valence-corrected chi connectivity index (χ4v) is 7.56. The quantitative estimate of drug-likeness (QED) is 0.140. The molecule has 0 radical (unpaired) electrons. The molecule has 0 aliphatic heterocycles. The van der Waals surface area contributed by atoms with Crippen LogP contribution in [0, 0.1) is 0 Å². The number of hydrogen-bond acceptors (Lipinski definition) is 7. The zero-order valence-electron chi connectivity index (χ0n) is 26.8. The Bertz CT molecular complexity index is 1730. The van der Waals surface area contributed by atoms with Gasteiger partial charge >= 0.3 is 5.97 Å². The van der Waals surface area contributed by atoms with Gasteiger partial charge in [0, 0.05) is 41.8 Å². The molecule has 6 rings (SSSR count). The number of carbonyl (C=O) groups excluding carboxylic acids is 3. The van der Waals surface area contributed by atoms with E-state index in [-0.39, 0.29) is 17.8 Å². The highest BCUT2D eigenvalue weighted by atomic mass is 32.1. The minimum atomic E-state index is -0.341. The summed E-state index contributed by atoms with van der Waals surface area (Å²) in [6, 6.07) is 23.7. The highest BCUT2D eigenvalue weighted by Gasteiger charge is 2.29. The number of aryl methyl sites for hydroxylation is 3. The average molecular weight is 651 g/mol. The minimum Gasteiger partial charge on any atom is -0.465 e. The summed E-state index contributed by atoms with van der Waals surface area (Å²) in [7, 11) is 1.38. The third-order valence-electron chi connectivity index (χ3n) is 8.97. The van der Waals surface area contributed by atoms with E-state index < -0.39 is 0 Å². The molecule has 1 saturated carbocycles. The SMILES string of the molecule is COC(=O)c1ccc(CCc2ccc(NC(=O)c3c(NC(=O)c4cccc(CN(CCN)C5CC5)c4)sc4c3CCCC4)cc2)cc1. The van der Waals surface area contributed by atoms with Gasteiger partial charge in [0.05, 0.1) is 18.2 Å². The van der Waals surface area contributed by atoms with Crippen molar-refractivity contribution in [3.05, 3.63) is 117 Å². The number of hydrogen-bond donors (Lipinski definition) is 3. The number of esters is 1. The predicted molar refractivity (Wildman–Crippen MR) is 187 cm³/mol. The van der Waals surface area contributed by atoms with Crippen molar-refractivity contribution >= 4 is 39.8 Å². The van der Waals surface area contributed by atoms with Crippen molar-refractivity contribution in [3.8, 4) is 0 Å². The number of ether oxygens (including phenoxy) is 1. The smallest absolute Gasteiger partial charge is 0.337 e. The molecule has 0 atom stereocenters. The standard InChI is InChI=1S/C38H42N4O4S/c1-46-38(45)28-15-11-25(12-16-28)9-10-26-13-17-30(18-14-26)40-36(44)34-32-7-2-3-8-33(32)47-37(34)41-35(43)29-6-4-5-27(23-29)24-42(22-21-39)31-19-20-31/h4-6,11-18,23,31H,2-3,7-10,19-22,24,39H2,1H3,(H,40,44)(H,41,43). The molecule has 1 fully saturated rings. The number of nitrogens with zero attached hydrogens (tertiary/aromatic N) is 1. The molecule has 244 valence electrons. The van der Waals surface area contributed by atoms with Gasteiger partial charge in [0.2, 0.25) is 0 Å². The van der Waals surface area contributed by atoms with Gasteiger partial charge in [-0.05, 0) is 110 Å². The topological polar surface area (TPSA) is 114 Å². The first-order valence-corrected chi connectivity index (χ1v) is 17.3. The Balaban J connectivity index is 1.12. The van der Waals surface area contributed by atoms with Crippen molar-refractivity contribution in [1.82, 2.24) is 4.90 Å². The molecule has 4 N–H and O–H groups in total. The lowest BCUT2D eigenvalue weighted by Crippen LogP contribution is -2.31. The van der Waals surface area contributed by atoms with Gasteiger partial charge in [-0.25, -0.2) is 4.79 Å². The monoisotopic (exact) mass is 650 g/mol. The largest absolute Gasteiger partial charge is 0.465 e. The van der Waals surface area contributed by atoms with Gasteiger partial charge in [-0.3, -0.25) is 14.5 Å². The number of benzene rings is 3. The molecule has 1 aromatic heterocycles. The molecular formula is C38H42N4O4S. The van der Waals surface area contributed by atoms with Crippen LogP contribution in [0.25, 0.3) is 0 Å². The van der Waals surface area contributed by atoms with Crippen molar-refractivity contribution in [1.29, 1.82) is 0 Å². The van der Waals surface area contributed by atoms with Gasteiger partial charge in [-0.1, -0.05) is 36.4 Å². The van der Waals surface area contributed by atoms with Crippen molar-refractivity contribution in [2.24, 2.45) is 5.73 Å². The average Bonchev–Trinajstić information content (AvgIpc) is 3.88. The zero-order valence-corrected chi connectivity index (χ0v) is 27.7. The van der Waals surface area contributed by atoms with E-state index in [1.54, 1.807) is 12.1 Å². The molecule has 47 heavy (non-hydrogen) atoms. The Labute approximate surface area is 280 Å². The lowest BCUT2D eigenvalue weighted by atomic mass is 9.95. The molecule has 0 spiro atoms. The van der Waals surface area contributed by atoms with Crippen LogP contribution in [-0.4, -0.2) is 48.9 Å². The summed E-state index contributed by atoms with van der Waals surface area (Å²) in [5.41, 5.74) is 12.7.